The minimum atomic E-state index is -1.20. The van der Waals surface area contributed by atoms with Gasteiger partial charge in [0.1, 0.15) is 0 Å². The zero-order valence-electron chi connectivity index (χ0n) is 7.31. The third-order valence-corrected chi connectivity index (χ3v) is 3.47. The molecule has 0 N–H and O–H groups in total. The van der Waals surface area contributed by atoms with Gasteiger partial charge in [0, 0.05) is 17.2 Å². The second-order valence-corrected chi connectivity index (χ2v) is 4.31. The van der Waals surface area contributed by atoms with Gasteiger partial charge in [-0.1, -0.05) is 36.4 Å². The van der Waals surface area contributed by atoms with Crippen LogP contribution in [0.2, 0.25) is 0 Å². The van der Waals surface area contributed by atoms with Crippen molar-refractivity contribution in [2.45, 2.75) is 4.90 Å². The Bertz CT molecular complexity index is 575. The first kappa shape index (κ1) is 7.88. The Kier molecular flexibility index (Phi) is 1.55. The van der Waals surface area contributed by atoms with Gasteiger partial charge < -0.3 is 0 Å². The van der Waals surface area contributed by atoms with Crippen molar-refractivity contribution in [3.8, 4) is 0 Å². The maximum absolute atomic E-state index is 11.6. The van der Waals surface area contributed by atoms with Gasteiger partial charge in [0.25, 0.3) is 0 Å². The molecule has 0 fully saturated rings. The first-order chi connectivity index (χ1) is 6.86. The van der Waals surface area contributed by atoms with E-state index in [-0.39, 0.29) is 0 Å². The highest BCUT2D eigenvalue weighted by Gasteiger charge is 2.16. The fourth-order valence-electron chi connectivity index (χ4n) is 1.71. The Hall–Kier alpha value is -1.48. The summed E-state index contributed by atoms with van der Waals surface area (Å²) in [5, 5.41) is 2.16. The summed E-state index contributed by atoms with van der Waals surface area (Å²) in [7, 11) is -1.20. The minimum Gasteiger partial charge on any atom is -0.229 e. The van der Waals surface area contributed by atoms with E-state index >= 15 is 0 Å². The number of fused-ring (bicyclic) bond motifs is 3. The van der Waals surface area contributed by atoms with Gasteiger partial charge in [-0.3, -0.25) is 0 Å². The summed E-state index contributed by atoms with van der Waals surface area (Å²) >= 11 is 0. The van der Waals surface area contributed by atoms with Crippen LogP contribution >= 0.6 is 0 Å². The average Bonchev–Trinajstić information content (AvgIpc) is 2.61. The third kappa shape index (κ3) is 0.960. The zero-order valence-corrected chi connectivity index (χ0v) is 8.12. The van der Waals surface area contributed by atoms with Crippen LogP contribution < -0.4 is 0 Å². The highest BCUT2D eigenvalue weighted by Crippen LogP contribution is 2.28. The molecule has 2 aromatic rings. The summed E-state index contributed by atoms with van der Waals surface area (Å²) in [4.78, 5) is 0.850. The number of hydrogen-bond donors (Lipinski definition) is 0. The standard InChI is InChI=1S/C11H7NOS/c13-14-11-9(7-12-14)6-5-8-3-1-2-4-10(8)11/h1-7H. The normalized spacial score (nSPS) is 18.7. The van der Waals surface area contributed by atoms with E-state index in [2.05, 4.69) is 4.40 Å². The van der Waals surface area contributed by atoms with Crippen LogP contribution in [-0.2, 0) is 11.0 Å². The van der Waals surface area contributed by atoms with E-state index in [0.29, 0.717) is 0 Å². The topological polar surface area (TPSA) is 29.4 Å². The summed E-state index contributed by atoms with van der Waals surface area (Å²) < 4.78 is 15.5. The van der Waals surface area contributed by atoms with E-state index in [9.17, 15) is 4.21 Å². The Morgan fingerprint density at radius 3 is 2.86 bits per heavy atom. The predicted molar refractivity (Wildman–Crippen MR) is 58.0 cm³/mol. The minimum absolute atomic E-state index is 0.850. The molecule has 1 aliphatic heterocycles. The molecule has 0 aliphatic carbocycles. The van der Waals surface area contributed by atoms with E-state index in [1.807, 2.05) is 36.4 Å². The molecule has 68 valence electrons. The fourth-order valence-corrected chi connectivity index (χ4v) is 2.72. The lowest BCUT2D eigenvalue weighted by Gasteiger charge is -2.01. The summed E-state index contributed by atoms with van der Waals surface area (Å²) in [6.07, 6.45) is 1.68. The molecule has 3 rings (SSSR count). The van der Waals surface area contributed by atoms with Crippen LogP contribution in [0.1, 0.15) is 5.56 Å². The van der Waals surface area contributed by atoms with Gasteiger partial charge in [-0.15, -0.1) is 0 Å². The maximum atomic E-state index is 11.6. The van der Waals surface area contributed by atoms with Crippen molar-refractivity contribution >= 4 is 28.0 Å². The van der Waals surface area contributed by atoms with Crippen LogP contribution in [0.5, 0.6) is 0 Å². The van der Waals surface area contributed by atoms with Crippen molar-refractivity contribution < 1.29 is 4.21 Å². The van der Waals surface area contributed by atoms with E-state index < -0.39 is 11.0 Å². The summed E-state index contributed by atoms with van der Waals surface area (Å²) in [5.74, 6) is 0. The molecule has 1 atom stereocenters. The Balaban J connectivity index is 2.50. The van der Waals surface area contributed by atoms with Crippen LogP contribution in [-0.4, -0.2) is 10.4 Å². The first-order valence-corrected chi connectivity index (χ1v) is 5.45. The molecule has 0 bridgehead atoms. The Morgan fingerprint density at radius 1 is 1.07 bits per heavy atom. The molecule has 0 saturated heterocycles. The molecule has 0 amide bonds. The van der Waals surface area contributed by atoms with E-state index in [4.69, 9.17) is 0 Å². The average molecular weight is 201 g/mol. The van der Waals surface area contributed by atoms with Crippen LogP contribution in [0.3, 0.4) is 0 Å². The second kappa shape index (κ2) is 2.75. The van der Waals surface area contributed by atoms with E-state index in [1.165, 1.54) is 0 Å². The van der Waals surface area contributed by atoms with Crippen LogP contribution in [0.15, 0.2) is 45.7 Å². The van der Waals surface area contributed by atoms with Crippen LogP contribution in [0.4, 0.5) is 0 Å². The van der Waals surface area contributed by atoms with Gasteiger partial charge in [0.05, 0.1) is 4.90 Å². The molecular formula is C11H7NOS. The number of benzene rings is 2. The van der Waals surface area contributed by atoms with Crippen LogP contribution in [0, 0.1) is 0 Å². The number of hydrogen-bond acceptors (Lipinski definition) is 1. The lowest BCUT2D eigenvalue weighted by molar-refractivity contribution is 0.686. The summed E-state index contributed by atoms with van der Waals surface area (Å²) in [6.45, 7) is 0. The Labute approximate surface area is 83.9 Å². The third-order valence-electron chi connectivity index (χ3n) is 2.37. The monoisotopic (exact) mass is 201 g/mol. The van der Waals surface area contributed by atoms with Gasteiger partial charge in [-0.05, 0) is 5.39 Å². The van der Waals surface area contributed by atoms with E-state index in [1.54, 1.807) is 6.21 Å². The first-order valence-electron chi connectivity index (χ1n) is 4.34. The van der Waals surface area contributed by atoms with Crippen molar-refractivity contribution in [1.82, 2.24) is 0 Å². The molecular weight excluding hydrogens is 194 g/mol. The fraction of sp³-hybridized carbons (Fsp3) is 0. The zero-order chi connectivity index (χ0) is 9.54. The largest absolute Gasteiger partial charge is 0.229 e. The summed E-state index contributed by atoms with van der Waals surface area (Å²) in [5.41, 5.74) is 0.974. The lowest BCUT2D eigenvalue weighted by atomic mass is 10.1. The molecule has 1 aliphatic rings. The van der Waals surface area contributed by atoms with E-state index in [0.717, 1.165) is 21.2 Å². The molecule has 0 spiro atoms. The molecule has 0 saturated carbocycles. The molecule has 0 aromatic heterocycles. The van der Waals surface area contributed by atoms with Gasteiger partial charge in [0.2, 0.25) is 0 Å². The quantitative estimate of drug-likeness (QED) is 0.643. The molecule has 2 aromatic carbocycles. The SMILES string of the molecule is O=S1N=Cc2ccc3ccccc3c21. The van der Waals surface area contributed by atoms with Gasteiger partial charge >= 0.3 is 0 Å². The van der Waals surface area contributed by atoms with Crippen molar-refractivity contribution in [3.63, 3.8) is 0 Å². The second-order valence-electron chi connectivity index (χ2n) is 3.19. The maximum Gasteiger partial charge on any atom is 0.173 e. The summed E-state index contributed by atoms with van der Waals surface area (Å²) in [6, 6.07) is 11.9. The highest BCUT2D eigenvalue weighted by molar-refractivity contribution is 7.84. The lowest BCUT2D eigenvalue weighted by Crippen LogP contribution is -1.87. The smallest absolute Gasteiger partial charge is 0.173 e. The van der Waals surface area contributed by atoms with Crippen molar-refractivity contribution in [1.29, 1.82) is 0 Å². The van der Waals surface area contributed by atoms with Crippen LogP contribution in [0.25, 0.3) is 10.8 Å². The van der Waals surface area contributed by atoms with Gasteiger partial charge in [-0.2, -0.15) is 4.40 Å². The predicted octanol–water partition coefficient (Wildman–Crippen LogP) is 2.29. The highest BCUT2D eigenvalue weighted by atomic mass is 32.2. The number of nitrogens with zero attached hydrogens (tertiary/aromatic N) is 1. The molecule has 1 heterocycles. The van der Waals surface area contributed by atoms with Gasteiger partial charge in [0.15, 0.2) is 11.0 Å². The van der Waals surface area contributed by atoms with Crippen molar-refractivity contribution in [3.05, 3.63) is 42.0 Å². The van der Waals surface area contributed by atoms with Crippen molar-refractivity contribution in [2.24, 2.45) is 4.40 Å². The number of rotatable bonds is 0. The molecule has 1 unspecified atom stereocenters. The van der Waals surface area contributed by atoms with Gasteiger partial charge in [-0.25, -0.2) is 4.21 Å². The molecule has 3 heteroatoms. The molecule has 0 radical (unpaired) electrons. The molecule has 14 heavy (non-hydrogen) atoms. The molecule has 2 nitrogen and oxygen atoms in total. The van der Waals surface area contributed by atoms with Crippen molar-refractivity contribution in [2.75, 3.05) is 0 Å². The Morgan fingerprint density at radius 2 is 1.93 bits per heavy atom.